The van der Waals surface area contributed by atoms with Crippen molar-refractivity contribution in [3.05, 3.63) is 71.6 Å². The second-order valence-electron chi connectivity index (χ2n) is 3.30. The van der Waals surface area contributed by atoms with Crippen LogP contribution in [-0.2, 0) is 0 Å². The zero-order chi connectivity index (χ0) is 11.2. The SMILES string of the molecule is NC(=[C]Sc1ccccc1)c1ccccc1. The van der Waals surface area contributed by atoms with Crippen molar-refractivity contribution in [1.82, 2.24) is 0 Å². The quantitative estimate of drug-likeness (QED) is 0.810. The van der Waals surface area contributed by atoms with E-state index in [1.807, 2.05) is 60.7 Å². The topological polar surface area (TPSA) is 26.0 Å². The number of benzene rings is 2. The van der Waals surface area contributed by atoms with Gasteiger partial charge in [0.25, 0.3) is 0 Å². The molecule has 0 fully saturated rings. The third-order valence-corrected chi connectivity index (χ3v) is 2.94. The average Bonchev–Trinajstić information content (AvgIpc) is 2.38. The van der Waals surface area contributed by atoms with E-state index < -0.39 is 0 Å². The van der Waals surface area contributed by atoms with E-state index >= 15 is 0 Å². The fourth-order valence-corrected chi connectivity index (χ4v) is 1.92. The molecule has 0 aromatic heterocycles. The molecule has 0 aliphatic carbocycles. The predicted octanol–water partition coefficient (Wildman–Crippen LogP) is 3.54. The van der Waals surface area contributed by atoms with E-state index in [0.29, 0.717) is 5.70 Å². The lowest BCUT2D eigenvalue weighted by atomic mass is 10.2. The molecule has 0 amide bonds. The summed E-state index contributed by atoms with van der Waals surface area (Å²) < 4.78 is 0. The smallest absolute Gasteiger partial charge is 0.0541 e. The van der Waals surface area contributed by atoms with Crippen molar-refractivity contribution in [3.63, 3.8) is 0 Å². The minimum Gasteiger partial charge on any atom is -0.397 e. The molecule has 0 spiro atoms. The monoisotopic (exact) mass is 226 g/mol. The maximum atomic E-state index is 5.93. The summed E-state index contributed by atoms with van der Waals surface area (Å²) in [6.45, 7) is 0. The standard InChI is InChI=1S/C14H12NS/c15-14(12-7-3-1-4-8-12)11-16-13-9-5-2-6-10-13/h1-10H,15H2. The van der Waals surface area contributed by atoms with Gasteiger partial charge in [-0.05, 0) is 17.7 Å². The van der Waals surface area contributed by atoms with Gasteiger partial charge in [-0.1, -0.05) is 60.3 Å². The summed E-state index contributed by atoms with van der Waals surface area (Å²) in [5.41, 5.74) is 7.61. The minimum atomic E-state index is 0.675. The Morgan fingerprint density at radius 2 is 1.44 bits per heavy atom. The van der Waals surface area contributed by atoms with E-state index in [4.69, 9.17) is 5.73 Å². The van der Waals surface area contributed by atoms with Gasteiger partial charge in [0.2, 0.25) is 0 Å². The summed E-state index contributed by atoms with van der Waals surface area (Å²) >= 11 is 1.51. The molecule has 0 atom stereocenters. The molecule has 2 aromatic carbocycles. The van der Waals surface area contributed by atoms with Crippen LogP contribution in [0.5, 0.6) is 0 Å². The van der Waals surface area contributed by atoms with Crippen molar-refractivity contribution in [2.75, 3.05) is 0 Å². The Balaban J connectivity index is 2.09. The molecular formula is C14H12NS. The van der Waals surface area contributed by atoms with Crippen LogP contribution in [-0.4, -0.2) is 0 Å². The molecule has 79 valence electrons. The molecule has 2 heteroatoms. The molecule has 0 saturated heterocycles. The lowest BCUT2D eigenvalue weighted by Crippen LogP contribution is -1.94. The fraction of sp³-hybridized carbons (Fsp3) is 0. The molecular weight excluding hydrogens is 214 g/mol. The highest BCUT2D eigenvalue weighted by Gasteiger charge is 1.95. The molecule has 2 rings (SSSR count). The molecule has 0 bridgehead atoms. The zero-order valence-electron chi connectivity index (χ0n) is 8.76. The number of rotatable bonds is 3. The third kappa shape index (κ3) is 2.91. The highest BCUT2D eigenvalue weighted by Crippen LogP contribution is 2.20. The van der Waals surface area contributed by atoms with Crippen LogP contribution in [0.4, 0.5) is 0 Å². The first-order valence-corrected chi connectivity index (χ1v) is 5.83. The van der Waals surface area contributed by atoms with E-state index in [9.17, 15) is 0 Å². The van der Waals surface area contributed by atoms with Crippen molar-refractivity contribution in [3.8, 4) is 0 Å². The summed E-state index contributed by atoms with van der Waals surface area (Å²) in [4.78, 5) is 1.14. The summed E-state index contributed by atoms with van der Waals surface area (Å²) in [6, 6.07) is 19.9. The first kappa shape index (κ1) is 10.8. The lowest BCUT2D eigenvalue weighted by Gasteiger charge is -2.00. The molecule has 2 N–H and O–H groups in total. The van der Waals surface area contributed by atoms with Crippen LogP contribution in [0.15, 0.2) is 65.6 Å². The van der Waals surface area contributed by atoms with E-state index in [0.717, 1.165) is 10.5 Å². The van der Waals surface area contributed by atoms with Gasteiger partial charge in [0.1, 0.15) is 0 Å². The summed E-state index contributed by atoms with van der Waals surface area (Å²) in [5.74, 6) is 0. The summed E-state index contributed by atoms with van der Waals surface area (Å²) in [6.07, 6.45) is 0. The molecule has 1 radical (unpaired) electrons. The van der Waals surface area contributed by atoms with Crippen molar-refractivity contribution in [2.45, 2.75) is 4.90 Å². The minimum absolute atomic E-state index is 0.675. The van der Waals surface area contributed by atoms with Gasteiger partial charge >= 0.3 is 0 Å². The van der Waals surface area contributed by atoms with Gasteiger partial charge in [0.15, 0.2) is 0 Å². The van der Waals surface area contributed by atoms with E-state index in [2.05, 4.69) is 5.41 Å². The third-order valence-electron chi connectivity index (χ3n) is 2.11. The number of nitrogens with two attached hydrogens (primary N) is 1. The zero-order valence-corrected chi connectivity index (χ0v) is 9.58. The van der Waals surface area contributed by atoms with Gasteiger partial charge in [-0.15, -0.1) is 0 Å². The van der Waals surface area contributed by atoms with Crippen LogP contribution >= 0.6 is 11.8 Å². The van der Waals surface area contributed by atoms with E-state index in [1.165, 1.54) is 11.8 Å². The molecule has 0 heterocycles. The molecule has 16 heavy (non-hydrogen) atoms. The van der Waals surface area contributed by atoms with Crippen molar-refractivity contribution >= 4 is 17.5 Å². The van der Waals surface area contributed by atoms with Crippen LogP contribution in [0, 0.1) is 5.41 Å². The van der Waals surface area contributed by atoms with Crippen LogP contribution in [0.1, 0.15) is 5.56 Å². The highest BCUT2D eigenvalue weighted by atomic mass is 32.2. The van der Waals surface area contributed by atoms with Gasteiger partial charge in [0, 0.05) is 4.90 Å². The molecule has 1 nitrogen and oxygen atoms in total. The first-order chi connectivity index (χ1) is 7.86. The van der Waals surface area contributed by atoms with Crippen molar-refractivity contribution < 1.29 is 0 Å². The van der Waals surface area contributed by atoms with Crippen molar-refractivity contribution in [1.29, 1.82) is 0 Å². The second kappa shape index (κ2) is 5.42. The van der Waals surface area contributed by atoms with E-state index in [1.54, 1.807) is 0 Å². The Kier molecular flexibility index (Phi) is 3.67. The number of hydrogen-bond acceptors (Lipinski definition) is 2. The second-order valence-corrected chi connectivity index (χ2v) is 4.18. The van der Waals surface area contributed by atoms with Gasteiger partial charge < -0.3 is 5.73 Å². The molecule has 0 saturated carbocycles. The Morgan fingerprint density at radius 1 is 0.875 bits per heavy atom. The molecule has 0 aliphatic rings. The van der Waals surface area contributed by atoms with Crippen LogP contribution in [0.3, 0.4) is 0 Å². The van der Waals surface area contributed by atoms with Gasteiger partial charge in [-0.2, -0.15) is 0 Å². The van der Waals surface area contributed by atoms with E-state index in [-0.39, 0.29) is 0 Å². The highest BCUT2D eigenvalue weighted by molar-refractivity contribution is 8.01. The Hall–Kier alpha value is -1.67. The van der Waals surface area contributed by atoms with Gasteiger partial charge in [-0.3, -0.25) is 0 Å². The number of thioether (sulfide) groups is 1. The van der Waals surface area contributed by atoms with Gasteiger partial charge in [0.05, 0.1) is 11.1 Å². The largest absolute Gasteiger partial charge is 0.397 e. The molecule has 0 unspecified atom stereocenters. The Labute approximate surface area is 100.0 Å². The summed E-state index contributed by atoms with van der Waals surface area (Å²) in [7, 11) is 0. The number of hydrogen-bond donors (Lipinski definition) is 1. The Bertz CT molecular complexity index is 463. The average molecular weight is 226 g/mol. The van der Waals surface area contributed by atoms with Crippen LogP contribution in [0.25, 0.3) is 5.70 Å². The fourth-order valence-electron chi connectivity index (χ4n) is 1.28. The Morgan fingerprint density at radius 3 is 2.06 bits per heavy atom. The lowest BCUT2D eigenvalue weighted by molar-refractivity contribution is 1.47. The van der Waals surface area contributed by atoms with Crippen LogP contribution < -0.4 is 5.73 Å². The predicted molar refractivity (Wildman–Crippen MR) is 69.6 cm³/mol. The normalized spacial score (nSPS) is 11.4. The van der Waals surface area contributed by atoms with Crippen molar-refractivity contribution in [2.24, 2.45) is 5.73 Å². The maximum Gasteiger partial charge on any atom is 0.0541 e. The summed E-state index contributed by atoms with van der Waals surface area (Å²) in [5, 5.41) is 3.13. The van der Waals surface area contributed by atoms with Crippen LogP contribution in [0.2, 0.25) is 0 Å². The van der Waals surface area contributed by atoms with Gasteiger partial charge in [-0.25, -0.2) is 0 Å². The molecule has 0 aliphatic heterocycles. The first-order valence-electron chi connectivity index (χ1n) is 5.02. The molecule has 2 aromatic rings. The maximum absolute atomic E-state index is 5.93.